The Labute approximate surface area is 131 Å². The van der Waals surface area contributed by atoms with Crippen LogP contribution in [0.25, 0.3) is 11.0 Å². The minimum Gasteiger partial charge on any atom is -0.451 e. The van der Waals surface area contributed by atoms with Crippen molar-refractivity contribution in [3.63, 3.8) is 0 Å². The lowest BCUT2D eigenvalue weighted by atomic mass is 10.2. The lowest BCUT2D eigenvalue weighted by molar-refractivity contribution is 0.0998. The second kappa shape index (κ2) is 5.37. The first-order valence-electron chi connectivity index (χ1n) is 6.60. The molecule has 3 rings (SSSR count). The third-order valence-corrected chi connectivity index (χ3v) is 4.20. The number of nitrogens with one attached hydrogen (secondary N) is 1. The van der Waals surface area contributed by atoms with Crippen molar-refractivity contribution in [3.8, 4) is 0 Å². The summed E-state index contributed by atoms with van der Waals surface area (Å²) in [5.41, 5.74) is 3.64. The minimum absolute atomic E-state index is 0.245. The summed E-state index contributed by atoms with van der Waals surface area (Å²) in [6.45, 7) is 3.97. The standard InChI is InChI=1S/C17H14BrNO2/c1-10-3-4-12-9-16(21-15(12)7-10)17(20)19-13-5-6-14(18)11(2)8-13/h3-9H,1-2H3,(H,19,20). The number of halogens is 1. The van der Waals surface area contributed by atoms with E-state index in [2.05, 4.69) is 21.2 Å². The quantitative estimate of drug-likeness (QED) is 0.706. The van der Waals surface area contributed by atoms with Crippen LogP contribution in [0.4, 0.5) is 5.69 Å². The number of fused-ring (bicyclic) bond motifs is 1. The Hall–Kier alpha value is -2.07. The van der Waals surface area contributed by atoms with Crippen molar-refractivity contribution >= 4 is 38.5 Å². The van der Waals surface area contributed by atoms with E-state index in [1.165, 1.54) is 0 Å². The largest absolute Gasteiger partial charge is 0.451 e. The number of carbonyl (C=O) groups excluding carboxylic acids is 1. The van der Waals surface area contributed by atoms with Crippen molar-refractivity contribution in [1.82, 2.24) is 0 Å². The summed E-state index contributed by atoms with van der Waals surface area (Å²) in [4.78, 5) is 12.2. The van der Waals surface area contributed by atoms with E-state index in [9.17, 15) is 4.79 Å². The van der Waals surface area contributed by atoms with Gasteiger partial charge < -0.3 is 9.73 Å². The number of furan rings is 1. The van der Waals surface area contributed by atoms with Crippen LogP contribution < -0.4 is 5.32 Å². The van der Waals surface area contributed by atoms with Gasteiger partial charge in [0.2, 0.25) is 0 Å². The van der Waals surface area contributed by atoms with Gasteiger partial charge in [-0.05, 0) is 55.3 Å². The van der Waals surface area contributed by atoms with Crippen molar-refractivity contribution in [2.45, 2.75) is 13.8 Å². The highest BCUT2D eigenvalue weighted by Gasteiger charge is 2.13. The summed E-state index contributed by atoms with van der Waals surface area (Å²) in [7, 11) is 0. The molecule has 1 amide bonds. The molecule has 0 radical (unpaired) electrons. The number of carbonyl (C=O) groups is 1. The average molecular weight is 344 g/mol. The van der Waals surface area contributed by atoms with E-state index in [0.717, 1.165) is 32.3 Å². The van der Waals surface area contributed by atoms with Gasteiger partial charge in [-0.15, -0.1) is 0 Å². The van der Waals surface area contributed by atoms with Crippen LogP contribution in [0.1, 0.15) is 21.7 Å². The molecule has 0 aliphatic heterocycles. The number of aryl methyl sites for hydroxylation is 2. The second-order valence-corrected chi connectivity index (χ2v) is 5.92. The van der Waals surface area contributed by atoms with Gasteiger partial charge >= 0.3 is 0 Å². The molecule has 0 bridgehead atoms. The molecule has 0 spiro atoms. The number of anilines is 1. The van der Waals surface area contributed by atoms with Crippen molar-refractivity contribution in [3.05, 3.63) is 63.8 Å². The lowest BCUT2D eigenvalue weighted by Crippen LogP contribution is -2.10. The summed E-state index contributed by atoms with van der Waals surface area (Å²) in [5.74, 6) is 0.0711. The Morgan fingerprint density at radius 3 is 2.67 bits per heavy atom. The Morgan fingerprint density at radius 1 is 1.10 bits per heavy atom. The molecule has 0 aliphatic carbocycles. The van der Waals surface area contributed by atoms with Gasteiger partial charge in [0.25, 0.3) is 5.91 Å². The molecular formula is C17H14BrNO2. The summed E-state index contributed by atoms with van der Waals surface area (Å²) >= 11 is 3.44. The van der Waals surface area contributed by atoms with Crippen LogP contribution in [-0.4, -0.2) is 5.91 Å². The molecule has 2 aromatic carbocycles. The highest BCUT2D eigenvalue weighted by molar-refractivity contribution is 9.10. The van der Waals surface area contributed by atoms with Crippen LogP contribution in [-0.2, 0) is 0 Å². The maximum absolute atomic E-state index is 12.2. The van der Waals surface area contributed by atoms with Gasteiger partial charge in [0.05, 0.1) is 0 Å². The molecule has 1 heterocycles. The fraction of sp³-hybridized carbons (Fsp3) is 0.118. The van der Waals surface area contributed by atoms with Gasteiger partial charge in [0.1, 0.15) is 5.58 Å². The van der Waals surface area contributed by atoms with E-state index in [4.69, 9.17) is 4.42 Å². The Bertz CT molecular complexity index is 836. The van der Waals surface area contributed by atoms with E-state index in [0.29, 0.717) is 5.76 Å². The molecule has 106 valence electrons. The third-order valence-electron chi connectivity index (χ3n) is 3.32. The molecule has 0 saturated carbocycles. The van der Waals surface area contributed by atoms with Crippen LogP contribution in [0.2, 0.25) is 0 Å². The van der Waals surface area contributed by atoms with Gasteiger partial charge in [-0.3, -0.25) is 4.79 Å². The minimum atomic E-state index is -0.245. The number of hydrogen-bond donors (Lipinski definition) is 1. The number of hydrogen-bond acceptors (Lipinski definition) is 2. The number of amides is 1. The highest BCUT2D eigenvalue weighted by atomic mass is 79.9. The summed E-state index contributed by atoms with van der Waals surface area (Å²) < 4.78 is 6.63. The molecule has 3 nitrogen and oxygen atoms in total. The molecule has 0 fully saturated rings. The second-order valence-electron chi connectivity index (χ2n) is 5.07. The monoisotopic (exact) mass is 343 g/mol. The van der Waals surface area contributed by atoms with Crippen molar-refractivity contribution < 1.29 is 9.21 Å². The number of rotatable bonds is 2. The van der Waals surface area contributed by atoms with Gasteiger partial charge in [0, 0.05) is 15.5 Å². The van der Waals surface area contributed by atoms with Gasteiger partial charge in [-0.1, -0.05) is 28.1 Å². The van der Waals surface area contributed by atoms with E-state index in [1.807, 2.05) is 50.2 Å². The smallest absolute Gasteiger partial charge is 0.291 e. The lowest BCUT2D eigenvalue weighted by Gasteiger charge is -2.05. The van der Waals surface area contributed by atoms with Crippen molar-refractivity contribution in [2.75, 3.05) is 5.32 Å². The summed E-state index contributed by atoms with van der Waals surface area (Å²) in [5, 5.41) is 3.78. The van der Waals surface area contributed by atoms with Crippen molar-refractivity contribution in [1.29, 1.82) is 0 Å². The molecule has 3 aromatic rings. The first-order valence-corrected chi connectivity index (χ1v) is 7.40. The fourth-order valence-corrected chi connectivity index (χ4v) is 2.41. The SMILES string of the molecule is Cc1ccc2cc(C(=O)Nc3ccc(Br)c(C)c3)oc2c1. The van der Waals surface area contributed by atoms with Crippen LogP contribution in [0, 0.1) is 13.8 Å². The molecule has 0 unspecified atom stereocenters. The molecule has 4 heteroatoms. The molecule has 0 saturated heterocycles. The Kier molecular flexibility index (Phi) is 3.55. The molecule has 1 aromatic heterocycles. The normalized spacial score (nSPS) is 10.8. The van der Waals surface area contributed by atoms with E-state index >= 15 is 0 Å². The summed E-state index contributed by atoms with van der Waals surface area (Å²) in [6.07, 6.45) is 0. The maximum atomic E-state index is 12.2. The molecular weight excluding hydrogens is 330 g/mol. The Balaban J connectivity index is 1.87. The highest BCUT2D eigenvalue weighted by Crippen LogP contribution is 2.23. The molecule has 21 heavy (non-hydrogen) atoms. The molecule has 1 N–H and O–H groups in total. The van der Waals surface area contributed by atoms with Gasteiger partial charge in [-0.2, -0.15) is 0 Å². The topological polar surface area (TPSA) is 42.2 Å². The molecule has 0 aliphatic rings. The first kappa shape index (κ1) is 13.9. The fourth-order valence-electron chi connectivity index (χ4n) is 2.17. The van der Waals surface area contributed by atoms with Crippen LogP contribution >= 0.6 is 15.9 Å². The van der Waals surface area contributed by atoms with E-state index in [1.54, 1.807) is 6.07 Å². The zero-order valence-electron chi connectivity index (χ0n) is 11.7. The van der Waals surface area contributed by atoms with Crippen LogP contribution in [0.15, 0.2) is 51.4 Å². The maximum Gasteiger partial charge on any atom is 0.291 e. The van der Waals surface area contributed by atoms with E-state index in [-0.39, 0.29) is 5.91 Å². The van der Waals surface area contributed by atoms with Crippen LogP contribution in [0.3, 0.4) is 0 Å². The summed E-state index contributed by atoms with van der Waals surface area (Å²) in [6, 6.07) is 13.3. The zero-order valence-corrected chi connectivity index (χ0v) is 13.3. The van der Waals surface area contributed by atoms with Crippen molar-refractivity contribution in [2.24, 2.45) is 0 Å². The predicted molar refractivity (Wildman–Crippen MR) is 87.8 cm³/mol. The number of benzene rings is 2. The Morgan fingerprint density at radius 2 is 1.90 bits per heavy atom. The average Bonchev–Trinajstić information content (AvgIpc) is 2.86. The van der Waals surface area contributed by atoms with Crippen LogP contribution in [0.5, 0.6) is 0 Å². The first-order chi connectivity index (χ1) is 10.0. The zero-order chi connectivity index (χ0) is 15.0. The third kappa shape index (κ3) is 2.85. The van der Waals surface area contributed by atoms with Gasteiger partial charge in [-0.25, -0.2) is 0 Å². The van der Waals surface area contributed by atoms with Gasteiger partial charge in [0.15, 0.2) is 5.76 Å². The predicted octanol–water partition coefficient (Wildman–Crippen LogP) is 5.06. The van der Waals surface area contributed by atoms with E-state index < -0.39 is 0 Å². The molecule has 0 atom stereocenters.